The van der Waals surface area contributed by atoms with E-state index in [2.05, 4.69) is 63.6 Å². The Morgan fingerprint density at radius 3 is 2.31 bits per heavy atom. The van der Waals surface area contributed by atoms with E-state index < -0.39 is 0 Å². The van der Waals surface area contributed by atoms with E-state index in [4.69, 9.17) is 4.74 Å². The van der Waals surface area contributed by atoms with Gasteiger partial charge in [-0.05, 0) is 93.2 Å². The van der Waals surface area contributed by atoms with Gasteiger partial charge in [-0.15, -0.1) is 0 Å². The van der Waals surface area contributed by atoms with Crippen LogP contribution in [0.5, 0.6) is 5.75 Å². The highest BCUT2D eigenvalue weighted by molar-refractivity contribution is 5.82. The predicted octanol–water partition coefficient (Wildman–Crippen LogP) is 6.85. The van der Waals surface area contributed by atoms with Crippen LogP contribution < -0.4 is 20.7 Å². The molecule has 0 aromatic heterocycles. The molecule has 3 N–H and O–H groups in total. The van der Waals surface area contributed by atoms with Crippen molar-refractivity contribution in [3.8, 4) is 5.75 Å². The molecule has 2 aromatic carbocycles. The van der Waals surface area contributed by atoms with Gasteiger partial charge in [0.1, 0.15) is 11.6 Å². The Balaban J connectivity index is 0.000000335. The maximum atomic E-state index is 12.2. The maximum absolute atomic E-state index is 12.2. The van der Waals surface area contributed by atoms with E-state index in [-0.39, 0.29) is 17.8 Å². The SMILES string of the molecule is CCCNC(C(=O)NC(C)CC1CC1)C(C)C.CCCOc1ccccc1C[C@@H](C)CNC=O.Cc1cccc(F)c1. The second-order valence-electron chi connectivity index (χ2n) is 11.9. The van der Waals surface area contributed by atoms with E-state index in [1.165, 1.54) is 30.5 Å². The van der Waals surface area contributed by atoms with Crippen LogP contribution in [0.4, 0.5) is 4.39 Å². The summed E-state index contributed by atoms with van der Waals surface area (Å²) in [6.45, 7) is 16.9. The third kappa shape index (κ3) is 17.1. The fraction of sp³-hybridized carbons (Fsp3) is 0.600. The molecular formula is C35H56FN3O3. The fourth-order valence-corrected chi connectivity index (χ4v) is 4.50. The number of para-hydroxylation sites is 1. The van der Waals surface area contributed by atoms with E-state index in [0.717, 1.165) is 62.5 Å². The molecule has 1 aliphatic carbocycles. The van der Waals surface area contributed by atoms with Gasteiger partial charge < -0.3 is 20.7 Å². The lowest BCUT2D eigenvalue weighted by Gasteiger charge is -2.24. The average molecular weight is 586 g/mol. The lowest BCUT2D eigenvalue weighted by atomic mass is 10.0. The molecular weight excluding hydrogens is 529 g/mol. The third-order valence-corrected chi connectivity index (χ3v) is 6.87. The zero-order chi connectivity index (χ0) is 31.3. The topological polar surface area (TPSA) is 79.5 Å². The number of benzene rings is 2. The summed E-state index contributed by atoms with van der Waals surface area (Å²) >= 11 is 0. The summed E-state index contributed by atoms with van der Waals surface area (Å²) < 4.78 is 17.9. The molecule has 0 bridgehead atoms. The van der Waals surface area contributed by atoms with Crippen molar-refractivity contribution < 1.29 is 18.7 Å². The smallest absolute Gasteiger partial charge is 0.237 e. The number of amides is 2. The highest BCUT2D eigenvalue weighted by atomic mass is 19.1. The number of carbonyl (C=O) groups is 2. The largest absolute Gasteiger partial charge is 0.493 e. The molecule has 1 fully saturated rings. The first-order chi connectivity index (χ1) is 20.1. The molecule has 1 saturated carbocycles. The molecule has 0 saturated heterocycles. The Hall–Kier alpha value is -2.93. The van der Waals surface area contributed by atoms with Crippen molar-refractivity contribution in [1.29, 1.82) is 0 Å². The van der Waals surface area contributed by atoms with E-state index in [0.29, 0.717) is 24.4 Å². The molecule has 1 aliphatic rings. The molecule has 0 radical (unpaired) electrons. The molecule has 3 rings (SSSR count). The Morgan fingerprint density at radius 2 is 1.76 bits per heavy atom. The number of aryl methyl sites for hydroxylation is 1. The maximum Gasteiger partial charge on any atom is 0.237 e. The van der Waals surface area contributed by atoms with Crippen LogP contribution in [0.2, 0.25) is 0 Å². The molecule has 236 valence electrons. The summed E-state index contributed by atoms with van der Waals surface area (Å²) in [6.07, 6.45) is 7.58. The van der Waals surface area contributed by atoms with Crippen molar-refractivity contribution in [1.82, 2.24) is 16.0 Å². The number of halogens is 1. The quantitative estimate of drug-likeness (QED) is 0.188. The lowest BCUT2D eigenvalue weighted by Crippen LogP contribution is -2.50. The Morgan fingerprint density at radius 1 is 1.05 bits per heavy atom. The van der Waals surface area contributed by atoms with Crippen molar-refractivity contribution in [2.24, 2.45) is 17.8 Å². The Kier molecular flexibility index (Phi) is 19.2. The molecule has 7 heteroatoms. The van der Waals surface area contributed by atoms with Crippen LogP contribution in [-0.2, 0) is 16.0 Å². The van der Waals surface area contributed by atoms with Gasteiger partial charge in [-0.3, -0.25) is 9.59 Å². The standard InChI is InChI=1S/C14H28N2O.C14H21NO2.C7H7F/c1-5-8-15-13(10(2)3)14(17)16-11(4)9-12-6-7-12;1-3-8-17-14-7-5-4-6-13(14)9-12(2)10-15-11-16;1-6-3-2-4-7(8)5-6/h10-13,15H,5-9H2,1-4H3,(H,16,17);4-7,11-12H,3,8-10H2,1-2H3,(H,15,16);2-5H,1H3/t;12-;/m.1./s1. The number of nitrogens with one attached hydrogen (secondary N) is 3. The number of hydrogen-bond donors (Lipinski definition) is 3. The van der Waals surface area contributed by atoms with Crippen molar-refractivity contribution >= 4 is 12.3 Å². The number of rotatable bonds is 16. The van der Waals surface area contributed by atoms with Crippen molar-refractivity contribution in [2.45, 2.75) is 99.1 Å². The zero-order valence-electron chi connectivity index (χ0n) is 27.0. The Bertz CT molecular complexity index is 995. The van der Waals surface area contributed by atoms with Crippen LogP contribution in [0.25, 0.3) is 0 Å². The molecule has 42 heavy (non-hydrogen) atoms. The normalized spacial score (nSPS) is 14.3. The van der Waals surface area contributed by atoms with Gasteiger partial charge >= 0.3 is 0 Å². The molecule has 0 spiro atoms. The van der Waals surface area contributed by atoms with Gasteiger partial charge in [-0.2, -0.15) is 0 Å². The van der Waals surface area contributed by atoms with E-state index in [1.54, 1.807) is 6.07 Å². The molecule has 6 nitrogen and oxygen atoms in total. The highest BCUT2D eigenvalue weighted by Crippen LogP contribution is 2.33. The molecule has 0 aliphatic heterocycles. The van der Waals surface area contributed by atoms with Crippen LogP contribution in [0.3, 0.4) is 0 Å². The van der Waals surface area contributed by atoms with E-state index >= 15 is 0 Å². The minimum absolute atomic E-state index is 0.0448. The number of carbonyl (C=O) groups excluding carboxylic acids is 2. The summed E-state index contributed by atoms with van der Waals surface area (Å²) in [7, 11) is 0. The molecule has 2 aromatic rings. The van der Waals surface area contributed by atoms with Gasteiger partial charge in [-0.25, -0.2) is 4.39 Å². The number of hydrogen-bond acceptors (Lipinski definition) is 4. The predicted molar refractivity (Wildman–Crippen MR) is 172 cm³/mol. The van der Waals surface area contributed by atoms with Crippen LogP contribution >= 0.6 is 0 Å². The molecule has 2 unspecified atom stereocenters. The first-order valence-corrected chi connectivity index (χ1v) is 15.7. The minimum atomic E-state index is -0.162. The molecule has 3 atom stereocenters. The minimum Gasteiger partial charge on any atom is -0.493 e. The van der Waals surface area contributed by atoms with Gasteiger partial charge in [0.2, 0.25) is 12.3 Å². The van der Waals surface area contributed by atoms with Crippen molar-refractivity contribution in [3.63, 3.8) is 0 Å². The average Bonchev–Trinajstić information content (AvgIpc) is 3.76. The summed E-state index contributed by atoms with van der Waals surface area (Å²) in [5.74, 6) is 2.59. The van der Waals surface area contributed by atoms with Gasteiger partial charge in [0.15, 0.2) is 0 Å². The zero-order valence-corrected chi connectivity index (χ0v) is 27.0. The summed E-state index contributed by atoms with van der Waals surface area (Å²) in [5, 5.41) is 9.18. The second kappa shape index (κ2) is 21.7. The van der Waals surface area contributed by atoms with Gasteiger partial charge in [0.25, 0.3) is 0 Å². The number of ether oxygens (including phenoxy) is 1. The van der Waals surface area contributed by atoms with Crippen LogP contribution in [0.15, 0.2) is 48.5 Å². The van der Waals surface area contributed by atoms with Crippen molar-refractivity contribution in [3.05, 3.63) is 65.5 Å². The molecule has 0 heterocycles. The monoisotopic (exact) mass is 585 g/mol. The summed E-state index contributed by atoms with van der Waals surface area (Å²) in [5.41, 5.74) is 2.17. The first kappa shape index (κ1) is 37.1. The second-order valence-corrected chi connectivity index (χ2v) is 11.9. The third-order valence-electron chi connectivity index (χ3n) is 6.87. The van der Waals surface area contributed by atoms with Gasteiger partial charge in [0, 0.05) is 12.6 Å². The lowest BCUT2D eigenvalue weighted by molar-refractivity contribution is -0.124. The van der Waals surface area contributed by atoms with Crippen LogP contribution in [-0.4, -0.2) is 44.1 Å². The highest BCUT2D eigenvalue weighted by Gasteiger charge is 2.27. The van der Waals surface area contributed by atoms with Crippen LogP contribution in [0.1, 0.15) is 84.8 Å². The van der Waals surface area contributed by atoms with Crippen molar-refractivity contribution in [2.75, 3.05) is 19.7 Å². The van der Waals surface area contributed by atoms with Crippen LogP contribution in [0, 0.1) is 30.5 Å². The van der Waals surface area contributed by atoms with E-state index in [1.807, 2.05) is 31.2 Å². The fourth-order valence-electron chi connectivity index (χ4n) is 4.50. The van der Waals surface area contributed by atoms with Gasteiger partial charge in [0.05, 0.1) is 12.6 Å². The van der Waals surface area contributed by atoms with E-state index in [9.17, 15) is 14.0 Å². The van der Waals surface area contributed by atoms with Gasteiger partial charge in [-0.1, -0.05) is 77.8 Å². The summed E-state index contributed by atoms with van der Waals surface area (Å²) in [4.78, 5) is 22.4. The Labute approximate surface area is 254 Å². The summed E-state index contributed by atoms with van der Waals surface area (Å²) in [6, 6.07) is 14.9. The molecule has 2 amide bonds. The first-order valence-electron chi connectivity index (χ1n) is 15.7.